The Hall–Kier alpha value is -1.71. The molecule has 0 saturated heterocycles. The standard InChI is InChI=1S/C11H17N5O3S/c1-8-10(7-17)11(14-13-8)20(18,19)16(3)6-9-4-12-15(2)5-9/h4-5,17H,6-7H2,1-3H3,(H,13,14). The predicted molar refractivity (Wildman–Crippen MR) is 71.1 cm³/mol. The van der Waals surface area contributed by atoms with Crippen LogP contribution in [0.1, 0.15) is 16.8 Å². The molecule has 0 spiro atoms. The molecular weight excluding hydrogens is 282 g/mol. The molecule has 0 bridgehead atoms. The third kappa shape index (κ3) is 2.60. The second kappa shape index (κ2) is 5.35. The first-order chi connectivity index (χ1) is 9.36. The van der Waals surface area contributed by atoms with Gasteiger partial charge in [0, 0.05) is 43.7 Å². The van der Waals surface area contributed by atoms with E-state index >= 15 is 0 Å². The Kier molecular flexibility index (Phi) is 3.93. The van der Waals surface area contributed by atoms with Gasteiger partial charge in [-0.3, -0.25) is 9.78 Å². The number of aryl methyl sites for hydroxylation is 2. The molecule has 0 radical (unpaired) electrons. The predicted octanol–water partition coefficient (Wildman–Crippen LogP) is -0.235. The molecule has 0 aromatic carbocycles. The molecule has 2 heterocycles. The summed E-state index contributed by atoms with van der Waals surface area (Å²) in [5.74, 6) is 0. The van der Waals surface area contributed by atoms with Crippen LogP contribution in [-0.4, -0.2) is 44.9 Å². The van der Waals surface area contributed by atoms with Crippen LogP contribution < -0.4 is 0 Å². The van der Waals surface area contributed by atoms with Gasteiger partial charge in [-0.2, -0.15) is 14.5 Å². The normalized spacial score (nSPS) is 12.2. The van der Waals surface area contributed by atoms with E-state index in [0.717, 1.165) is 5.56 Å². The molecule has 0 amide bonds. The van der Waals surface area contributed by atoms with E-state index in [1.165, 1.54) is 11.4 Å². The summed E-state index contributed by atoms with van der Waals surface area (Å²) in [6, 6.07) is 0. The Morgan fingerprint density at radius 2 is 2.20 bits per heavy atom. The molecular formula is C11H17N5O3S. The minimum atomic E-state index is -3.76. The van der Waals surface area contributed by atoms with Gasteiger partial charge in [-0.1, -0.05) is 0 Å². The topological polar surface area (TPSA) is 104 Å². The lowest BCUT2D eigenvalue weighted by atomic mass is 10.3. The molecule has 0 aliphatic carbocycles. The van der Waals surface area contributed by atoms with E-state index in [1.54, 1.807) is 31.0 Å². The molecule has 0 saturated carbocycles. The van der Waals surface area contributed by atoms with Crippen LogP contribution in [0.25, 0.3) is 0 Å². The Balaban J connectivity index is 2.29. The smallest absolute Gasteiger partial charge is 0.262 e. The number of nitrogens with zero attached hydrogens (tertiary/aromatic N) is 4. The van der Waals surface area contributed by atoms with Gasteiger partial charge in [-0.15, -0.1) is 0 Å². The van der Waals surface area contributed by atoms with Crippen molar-refractivity contribution in [2.45, 2.75) is 25.1 Å². The van der Waals surface area contributed by atoms with E-state index in [9.17, 15) is 13.5 Å². The van der Waals surface area contributed by atoms with Gasteiger partial charge < -0.3 is 5.11 Å². The number of nitrogens with one attached hydrogen (secondary N) is 1. The van der Waals surface area contributed by atoms with Gasteiger partial charge in [-0.25, -0.2) is 8.42 Å². The van der Waals surface area contributed by atoms with Crippen LogP contribution in [0.4, 0.5) is 0 Å². The van der Waals surface area contributed by atoms with E-state index in [0.29, 0.717) is 11.3 Å². The number of H-pyrrole nitrogens is 1. The second-order valence-corrected chi connectivity index (χ2v) is 6.53. The van der Waals surface area contributed by atoms with Gasteiger partial charge in [0.2, 0.25) is 0 Å². The third-order valence-electron chi connectivity index (χ3n) is 3.01. The van der Waals surface area contributed by atoms with Crippen molar-refractivity contribution in [1.82, 2.24) is 24.3 Å². The summed E-state index contributed by atoms with van der Waals surface area (Å²) in [6.45, 7) is 1.48. The summed E-state index contributed by atoms with van der Waals surface area (Å²) in [5.41, 5.74) is 1.61. The zero-order valence-electron chi connectivity index (χ0n) is 11.5. The maximum absolute atomic E-state index is 12.4. The number of aliphatic hydroxyl groups is 1. The highest BCUT2D eigenvalue weighted by Gasteiger charge is 2.28. The van der Waals surface area contributed by atoms with E-state index in [-0.39, 0.29) is 18.2 Å². The molecule has 2 aromatic heterocycles. The maximum Gasteiger partial charge on any atom is 0.262 e. The SMILES string of the molecule is Cc1[nH]nc(S(=O)(=O)N(C)Cc2cnn(C)c2)c1CO. The Morgan fingerprint density at radius 1 is 1.50 bits per heavy atom. The highest BCUT2D eigenvalue weighted by molar-refractivity contribution is 7.89. The summed E-state index contributed by atoms with van der Waals surface area (Å²) in [5, 5.41) is 19.5. The van der Waals surface area contributed by atoms with Crippen molar-refractivity contribution in [3.05, 3.63) is 29.2 Å². The number of aromatic amines is 1. The molecule has 2 rings (SSSR count). The zero-order valence-corrected chi connectivity index (χ0v) is 12.3. The van der Waals surface area contributed by atoms with Crippen LogP contribution in [-0.2, 0) is 30.2 Å². The van der Waals surface area contributed by atoms with Gasteiger partial charge in [0.05, 0.1) is 12.8 Å². The number of hydrogen-bond donors (Lipinski definition) is 2. The van der Waals surface area contributed by atoms with E-state index in [2.05, 4.69) is 15.3 Å². The molecule has 20 heavy (non-hydrogen) atoms. The van der Waals surface area contributed by atoms with Gasteiger partial charge in [-0.05, 0) is 6.92 Å². The summed E-state index contributed by atoms with van der Waals surface area (Å²) in [7, 11) is -0.527. The highest BCUT2D eigenvalue weighted by Crippen LogP contribution is 2.20. The Bertz CT molecular complexity index is 703. The van der Waals surface area contributed by atoms with Gasteiger partial charge in [0.1, 0.15) is 0 Å². The van der Waals surface area contributed by atoms with Crippen molar-refractivity contribution in [3.8, 4) is 0 Å². The molecule has 0 aliphatic rings. The summed E-state index contributed by atoms with van der Waals surface area (Å²) in [4.78, 5) is 0. The monoisotopic (exact) mass is 299 g/mol. The first kappa shape index (κ1) is 14.7. The first-order valence-electron chi connectivity index (χ1n) is 5.94. The fourth-order valence-corrected chi connectivity index (χ4v) is 3.18. The largest absolute Gasteiger partial charge is 0.392 e. The lowest BCUT2D eigenvalue weighted by Gasteiger charge is -2.15. The van der Waals surface area contributed by atoms with Gasteiger partial charge in [0.25, 0.3) is 10.0 Å². The molecule has 9 heteroatoms. The summed E-state index contributed by atoms with van der Waals surface area (Å²) < 4.78 is 27.7. The molecule has 2 N–H and O–H groups in total. The third-order valence-corrected chi connectivity index (χ3v) is 4.79. The van der Waals surface area contributed by atoms with Crippen LogP contribution >= 0.6 is 0 Å². The summed E-state index contributed by atoms with van der Waals surface area (Å²) in [6.07, 6.45) is 3.35. The van der Waals surface area contributed by atoms with Crippen LogP contribution in [0.5, 0.6) is 0 Å². The fourth-order valence-electron chi connectivity index (χ4n) is 1.87. The number of rotatable bonds is 5. The van der Waals surface area contributed by atoms with Gasteiger partial charge in [0.15, 0.2) is 5.03 Å². The van der Waals surface area contributed by atoms with Crippen molar-refractivity contribution < 1.29 is 13.5 Å². The van der Waals surface area contributed by atoms with Crippen LogP contribution in [0.15, 0.2) is 17.4 Å². The number of aliphatic hydroxyl groups excluding tert-OH is 1. The first-order valence-corrected chi connectivity index (χ1v) is 7.39. The van der Waals surface area contributed by atoms with Crippen LogP contribution in [0, 0.1) is 6.92 Å². The lowest BCUT2D eigenvalue weighted by molar-refractivity contribution is 0.277. The Labute approximate surface area is 117 Å². The molecule has 110 valence electrons. The minimum Gasteiger partial charge on any atom is -0.392 e. The van der Waals surface area contributed by atoms with Crippen molar-refractivity contribution in [1.29, 1.82) is 0 Å². The molecule has 8 nitrogen and oxygen atoms in total. The summed E-state index contributed by atoms with van der Waals surface area (Å²) >= 11 is 0. The number of hydrogen-bond acceptors (Lipinski definition) is 5. The zero-order chi connectivity index (χ0) is 14.9. The minimum absolute atomic E-state index is 0.135. The number of sulfonamides is 1. The lowest BCUT2D eigenvalue weighted by Crippen LogP contribution is -2.27. The number of aromatic nitrogens is 4. The van der Waals surface area contributed by atoms with E-state index < -0.39 is 10.0 Å². The van der Waals surface area contributed by atoms with E-state index in [4.69, 9.17) is 0 Å². The average molecular weight is 299 g/mol. The molecule has 0 atom stereocenters. The highest BCUT2D eigenvalue weighted by atomic mass is 32.2. The van der Waals surface area contributed by atoms with Crippen molar-refractivity contribution >= 4 is 10.0 Å². The fraction of sp³-hybridized carbons (Fsp3) is 0.455. The van der Waals surface area contributed by atoms with Gasteiger partial charge >= 0.3 is 0 Å². The molecule has 0 aliphatic heterocycles. The van der Waals surface area contributed by atoms with Crippen molar-refractivity contribution in [2.75, 3.05) is 7.05 Å². The van der Waals surface area contributed by atoms with Crippen LogP contribution in [0.3, 0.4) is 0 Å². The van der Waals surface area contributed by atoms with Crippen LogP contribution in [0.2, 0.25) is 0 Å². The van der Waals surface area contributed by atoms with E-state index in [1.807, 2.05) is 0 Å². The van der Waals surface area contributed by atoms with Crippen molar-refractivity contribution in [2.24, 2.45) is 7.05 Å². The molecule has 0 unspecified atom stereocenters. The average Bonchev–Trinajstić information content (AvgIpc) is 2.95. The molecule has 0 fully saturated rings. The Morgan fingerprint density at radius 3 is 2.75 bits per heavy atom. The second-order valence-electron chi connectivity index (χ2n) is 4.57. The quantitative estimate of drug-likeness (QED) is 0.793. The molecule has 2 aromatic rings. The maximum atomic E-state index is 12.4. The van der Waals surface area contributed by atoms with Crippen molar-refractivity contribution in [3.63, 3.8) is 0 Å².